The fraction of sp³-hybridized carbons (Fsp3) is 0.267. The zero-order valence-electron chi connectivity index (χ0n) is 11.7. The van der Waals surface area contributed by atoms with Crippen LogP contribution in [0.25, 0.3) is 0 Å². The summed E-state index contributed by atoms with van der Waals surface area (Å²) in [5.41, 5.74) is 1.18. The highest BCUT2D eigenvalue weighted by molar-refractivity contribution is 5.95. The Morgan fingerprint density at radius 3 is 2.62 bits per heavy atom. The lowest BCUT2D eigenvalue weighted by Crippen LogP contribution is -2.14. The van der Waals surface area contributed by atoms with Crippen molar-refractivity contribution in [3.8, 4) is 0 Å². The van der Waals surface area contributed by atoms with Crippen LogP contribution in [-0.4, -0.2) is 33.2 Å². The fourth-order valence-electron chi connectivity index (χ4n) is 1.85. The van der Waals surface area contributed by atoms with Crippen LogP contribution < -0.4 is 0 Å². The van der Waals surface area contributed by atoms with Crippen molar-refractivity contribution in [3.05, 3.63) is 53.3 Å². The van der Waals surface area contributed by atoms with Gasteiger partial charge in [0.1, 0.15) is 11.4 Å². The van der Waals surface area contributed by atoms with Crippen LogP contribution in [0.4, 0.5) is 0 Å². The lowest BCUT2D eigenvalue weighted by Gasteiger charge is -2.06. The van der Waals surface area contributed by atoms with E-state index in [-0.39, 0.29) is 23.7 Å². The van der Waals surface area contributed by atoms with Gasteiger partial charge in [-0.2, -0.15) is 5.10 Å². The molecule has 0 aliphatic carbocycles. The molecule has 2 aromatic rings. The monoisotopic (exact) mass is 288 g/mol. The summed E-state index contributed by atoms with van der Waals surface area (Å²) in [6.45, 7) is 2.39. The molecule has 0 radical (unpaired) electrons. The number of hydrogen-bond acceptors (Lipinski definition) is 4. The van der Waals surface area contributed by atoms with Crippen LogP contribution in [0, 0.1) is 0 Å². The number of rotatable bonds is 7. The Labute approximate surface area is 122 Å². The topological polar surface area (TPSA) is 81.4 Å². The van der Waals surface area contributed by atoms with Crippen LogP contribution in [0.1, 0.15) is 33.5 Å². The van der Waals surface area contributed by atoms with Crippen LogP contribution in [0.15, 0.2) is 36.4 Å². The molecule has 1 N–H and O–H groups in total. The van der Waals surface area contributed by atoms with Gasteiger partial charge in [0.25, 0.3) is 0 Å². The molecule has 1 aromatic carbocycles. The minimum absolute atomic E-state index is 0.0106. The summed E-state index contributed by atoms with van der Waals surface area (Å²) in [7, 11) is 0. The number of ketones is 1. The number of nitrogens with zero attached hydrogens (tertiary/aromatic N) is 2. The molecule has 0 saturated carbocycles. The Morgan fingerprint density at radius 1 is 1.29 bits per heavy atom. The lowest BCUT2D eigenvalue weighted by atomic mass is 10.2. The molecule has 1 heterocycles. The number of benzene rings is 1. The van der Waals surface area contributed by atoms with E-state index in [2.05, 4.69) is 5.10 Å². The number of carbonyl (C=O) groups is 2. The van der Waals surface area contributed by atoms with Gasteiger partial charge in [-0.05, 0) is 5.56 Å². The summed E-state index contributed by atoms with van der Waals surface area (Å²) in [5, 5.41) is 13.1. The SMILES string of the molecule is CC(=O)c1cc(C(=O)O)n(CCOCc2ccccc2)n1. The molecule has 0 atom stereocenters. The molecular weight excluding hydrogens is 272 g/mol. The van der Waals surface area contributed by atoms with Gasteiger partial charge in [-0.25, -0.2) is 4.79 Å². The summed E-state index contributed by atoms with van der Waals surface area (Å²) < 4.78 is 6.77. The maximum absolute atomic E-state index is 11.2. The molecule has 0 bridgehead atoms. The summed E-state index contributed by atoms with van der Waals surface area (Å²) in [6, 6.07) is 11.0. The van der Waals surface area contributed by atoms with E-state index in [0.717, 1.165) is 5.56 Å². The number of carbonyl (C=O) groups excluding carboxylic acids is 1. The summed E-state index contributed by atoms with van der Waals surface area (Å²) in [4.78, 5) is 22.3. The second-order valence-corrected chi connectivity index (χ2v) is 4.54. The summed E-state index contributed by atoms with van der Waals surface area (Å²) in [5.74, 6) is -1.38. The van der Waals surface area contributed by atoms with Crippen LogP contribution in [0.5, 0.6) is 0 Å². The van der Waals surface area contributed by atoms with E-state index < -0.39 is 5.97 Å². The Balaban J connectivity index is 1.93. The van der Waals surface area contributed by atoms with Gasteiger partial charge in [0.2, 0.25) is 0 Å². The third-order valence-electron chi connectivity index (χ3n) is 2.92. The van der Waals surface area contributed by atoms with Gasteiger partial charge in [0, 0.05) is 13.0 Å². The van der Waals surface area contributed by atoms with Crippen molar-refractivity contribution < 1.29 is 19.4 Å². The normalized spacial score (nSPS) is 10.5. The van der Waals surface area contributed by atoms with E-state index in [1.807, 2.05) is 30.3 Å². The van der Waals surface area contributed by atoms with Gasteiger partial charge in [-0.1, -0.05) is 30.3 Å². The molecule has 110 valence electrons. The number of carboxylic acid groups (broad SMARTS) is 1. The van der Waals surface area contributed by atoms with Crippen LogP contribution in [0.2, 0.25) is 0 Å². The van der Waals surface area contributed by atoms with E-state index in [0.29, 0.717) is 13.2 Å². The summed E-state index contributed by atoms with van der Waals surface area (Å²) in [6.07, 6.45) is 0. The molecule has 21 heavy (non-hydrogen) atoms. The highest BCUT2D eigenvalue weighted by atomic mass is 16.5. The van der Waals surface area contributed by atoms with E-state index >= 15 is 0 Å². The van der Waals surface area contributed by atoms with Crippen molar-refractivity contribution in [1.29, 1.82) is 0 Å². The van der Waals surface area contributed by atoms with Crippen LogP contribution in [0.3, 0.4) is 0 Å². The molecule has 6 heteroatoms. The molecular formula is C15H16N2O4. The Hall–Kier alpha value is -2.47. The molecule has 0 unspecified atom stereocenters. The number of Topliss-reactive ketones (excluding diaryl/α,β-unsaturated/α-hetero) is 1. The van der Waals surface area contributed by atoms with E-state index in [4.69, 9.17) is 9.84 Å². The van der Waals surface area contributed by atoms with E-state index in [9.17, 15) is 9.59 Å². The number of hydrogen-bond donors (Lipinski definition) is 1. The molecule has 0 amide bonds. The number of carboxylic acids is 1. The summed E-state index contributed by atoms with van der Waals surface area (Å²) >= 11 is 0. The maximum Gasteiger partial charge on any atom is 0.354 e. The standard InChI is InChI=1S/C15H16N2O4/c1-11(18)13-9-14(15(19)20)17(16-13)7-8-21-10-12-5-3-2-4-6-12/h2-6,9H,7-8,10H2,1H3,(H,19,20). The van der Waals surface area contributed by atoms with Gasteiger partial charge in [-0.3, -0.25) is 9.48 Å². The third kappa shape index (κ3) is 4.00. The second-order valence-electron chi connectivity index (χ2n) is 4.54. The number of aromatic nitrogens is 2. The van der Waals surface area contributed by atoms with Crippen molar-refractivity contribution >= 4 is 11.8 Å². The van der Waals surface area contributed by atoms with E-state index in [1.54, 1.807) is 0 Å². The van der Waals surface area contributed by atoms with Crippen molar-refractivity contribution in [3.63, 3.8) is 0 Å². The predicted octanol–water partition coefficient (Wildman–Crippen LogP) is 2.00. The minimum atomic E-state index is -1.11. The fourth-order valence-corrected chi connectivity index (χ4v) is 1.85. The zero-order chi connectivity index (χ0) is 15.2. The van der Waals surface area contributed by atoms with Crippen LogP contribution >= 0.6 is 0 Å². The molecule has 6 nitrogen and oxygen atoms in total. The predicted molar refractivity (Wildman–Crippen MR) is 75.3 cm³/mol. The van der Waals surface area contributed by atoms with Crippen LogP contribution in [-0.2, 0) is 17.9 Å². The molecule has 0 aliphatic rings. The van der Waals surface area contributed by atoms with Crippen molar-refractivity contribution in [2.45, 2.75) is 20.1 Å². The molecule has 0 aliphatic heterocycles. The third-order valence-corrected chi connectivity index (χ3v) is 2.92. The average Bonchev–Trinajstić information content (AvgIpc) is 2.89. The first-order chi connectivity index (χ1) is 10.1. The molecule has 0 fully saturated rings. The van der Waals surface area contributed by atoms with Crippen molar-refractivity contribution in [2.24, 2.45) is 0 Å². The van der Waals surface area contributed by atoms with E-state index in [1.165, 1.54) is 17.7 Å². The lowest BCUT2D eigenvalue weighted by molar-refractivity contribution is 0.0674. The minimum Gasteiger partial charge on any atom is -0.477 e. The quantitative estimate of drug-likeness (QED) is 0.622. The smallest absolute Gasteiger partial charge is 0.354 e. The van der Waals surface area contributed by atoms with Gasteiger partial charge in [0.05, 0.1) is 19.8 Å². The maximum atomic E-state index is 11.2. The average molecular weight is 288 g/mol. The first-order valence-electron chi connectivity index (χ1n) is 6.51. The zero-order valence-corrected chi connectivity index (χ0v) is 11.7. The first-order valence-corrected chi connectivity index (χ1v) is 6.51. The molecule has 0 saturated heterocycles. The van der Waals surface area contributed by atoms with Gasteiger partial charge >= 0.3 is 5.97 Å². The molecule has 2 rings (SSSR count). The molecule has 0 spiro atoms. The highest BCUT2D eigenvalue weighted by Crippen LogP contribution is 2.06. The Bertz CT molecular complexity index is 634. The van der Waals surface area contributed by atoms with Crippen molar-refractivity contribution in [2.75, 3.05) is 6.61 Å². The Morgan fingerprint density at radius 2 is 2.00 bits per heavy atom. The van der Waals surface area contributed by atoms with Crippen molar-refractivity contribution in [1.82, 2.24) is 9.78 Å². The first kappa shape index (κ1) is 14.9. The highest BCUT2D eigenvalue weighted by Gasteiger charge is 2.16. The largest absolute Gasteiger partial charge is 0.477 e. The number of aromatic carboxylic acids is 1. The molecule has 1 aromatic heterocycles. The van der Waals surface area contributed by atoms with Gasteiger partial charge < -0.3 is 9.84 Å². The second kappa shape index (κ2) is 6.81. The Kier molecular flexibility index (Phi) is 4.84. The van der Waals surface area contributed by atoms with Gasteiger partial charge in [-0.15, -0.1) is 0 Å². The van der Waals surface area contributed by atoms with Gasteiger partial charge in [0.15, 0.2) is 5.78 Å². The number of ether oxygens (including phenoxy) is 1.